The Balaban J connectivity index is 1.95. The molecule has 27 heavy (non-hydrogen) atoms. The van der Waals surface area contributed by atoms with Gasteiger partial charge in [-0.15, -0.1) is 0 Å². The summed E-state index contributed by atoms with van der Waals surface area (Å²) in [5.41, 5.74) is 1.63. The number of para-hydroxylation sites is 1. The maximum Gasteiger partial charge on any atom is 0.203 e. The minimum Gasteiger partial charge on any atom is -0.506 e. The number of aliphatic hydroxyl groups is 1. The number of nitriles is 1. The van der Waals surface area contributed by atoms with Crippen LogP contribution >= 0.6 is 15.9 Å². The summed E-state index contributed by atoms with van der Waals surface area (Å²) in [4.78, 5) is 6.84. The van der Waals surface area contributed by atoms with Crippen LogP contribution in [-0.2, 0) is 0 Å². The van der Waals surface area contributed by atoms with Gasteiger partial charge in [0.1, 0.15) is 5.75 Å². The van der Waals surface area contributed by atoms with E-state index in [4.69, 9.17) is 10.3 Å². The highest BCUT2D eigenvalue weighted by Gasteiger charge is 2.23. The predicted octanol–water partition coefficient (Wildman–Crippen LogP) is 3.83. The Bertz CT molecular complexity index is 879. The van der Waals surface area contributed by atoms with Gasteiger partial charge in [0.15, 0.2) is 0 Å². The smallest absolute Gasteiger partial charge is 0.203 e. The Morgan fingerprint density at radius 1 is 1.33 bits per heavy atom. The second kappa shape index (κ2) is 8.89. The lowest BCUT2D eigenvalue weighted by atomic mass is 9.99. The number of nitrogens with zero attached hydrogens (tertiary/aromatic N) is 3. The van der Waals surface area contributed by atoms with Crippen molar-refractivity contribution in [2.75, 3.05) is 25.0 Å². The summed E-state index contributed by atoms with van der Waals surface area (Å²) < 4.78 is 0.865. The number of phenolic OH excluding ortho intramolecular Hbond substituents is 1. The minimum absolute atomic E-state index is 0.00963. The van der Waals surface area contributed by atoms with Gasteiger partial charge in [-0.05, 0) is 65.0 Å². The first-order valence-electron chi connectivity index (χ1n) is 8.80. The second-order valence-corrected chi connectivity index (χ2v) is 7.35. The molecule has 1 atom stereocenters. The number of hydrogen-bond donors (Lipinski definition) is 3. The van der Waals surface area contributed by atoms with Gasteiger partial charge in [-0.25, -0.2) is 4.99 Å². The van der Waals surface area contributed by atoms with E-state index in [1.165, 1.54) is 6.07 Å². The molecule has 0 radical (unpaired) electrons. The number of nitrogens with one attached hydrogen (secondary N) is 1. The summed E-state index contributed by atoms with van der Waals surface area (Å²) in [6, 6.07) is 14.4. The third-order valence-corrected chi connectivity index (χ3v) is 5.20. The van der Waals surface area contributed by atoms with Gasteiger partial charge in [-0.3, -0.25) is 0 Å². The topological polar surface area (TPSA) is 91.9 Å². The molecule has 1 fully saturated rings. The molecule has 0 bridgehead atoms. The number of likely N-dealkylation sites (tertiary alicyclic amines) is 1. The zero-order valence-corrected chi connectivity index (χ0v) is 16.4. The molecule has 1 saturated heterocycles. The largest absolute Gasteiger partial charge is 0.506 e. The second-order valence-electron chi connectivity index (χ2n) is 6.49. The van der Waals surface area contributed by atoms with Gasteiger partial charge in [0.2, 0.25) is 5.96 Å². The molecular formula is C20H21BrN4O2. The lowest BCUT2D eigenvalue weighted by Crippen LogP contribution is -2.44. The van der Waals surface area contributed by atoms with Crippen molar-refractivity contribution >= 4 is 33.3 Å². The first-order valence-corrected chi connectivity index (χ1v) is 9.59. The van der Waals surface area contributed by atoms with E-state index in [2.05, 4.69) is 26.1 Å². The van der Waals surface area contributed by atoms with E-state index < -0.39 is 0 Å². The summed E-state index contributed by atoms with van der Waals surface area (Å²) >= 11 is 3.51. The molecule has 2 aromatic rings. The maximum atomic E-state index is 10.3. The average molecular weight is 429 g/mol. The van der Waals surface area contributed by atoms with Crippen LogP contribution in [0.5, 0.6) is 5.75 Å². The molecule has 1 unspecified atom stereocenters. The van der Waals surface area contributed by atoms with Crippen molar-refractivity contribution in [2.45, 2.75) is 12.8 Å². The zero-order chi connectivity index (χ0) is 19.2. The monoisotopic (exact) mass is 428 g/mol. The lowest BCUT2D eigenvalue weighted by molar-refractivity contribution is 0.160. The third-order valence-electron chi connectivity index (χ3n) is 4.53. The SMILES string of the molecule is N#Cc1ccc(NC(=Nc2ccccc2Br)N2CCCC(CO)C2)c(O)c1. The van der Waals surface area contributed by atoms with Gasteiger partial charge in [-0.2, -0.15) is 5.26 Å². The molecule has 0 aliphatic carbocycles. The molecule has 0 spiro atoms. The number of phenols is 1. The number of halogens is 1. The predicted molar refractivity (Wildman–Crippen MR) is 109 cm³/mol. The van der Waals surface area contributed by atoms with Gasteiger partial charge >= 0.3 is 0 Å². The summed E-state index contributed by atoms with van der Waals surface area (Å²) in [5, 5.41) is 32.0. The van der Waals surface area contributed by atoms with E-state index in [0.717, 1.165) is 29.5 Å². The summed E-state index contributed by atoms with van der Waals surface area (Å²) in [6.45, 7) is 1.63. The van der Waals surface area contributed by atoms with Crippen LogP contribution < -0.4 is 5.32 Å². The molecule has 0 amide bonds. The number of aliphatic imine (C=N–C) groups is 1. The van der Waals surface area contributed by atoms with Crippen molar-refractivity contribution in [3.05, 3.63) is 52.5 Å². The Hall–Kier alpha value is -2.56. The standard InChI is InChI=1S/C20H21BrN4O2/c21-16-5-1-2-6-17(16)23-20(25-9-3-4-15(12-25)13-26)24-18-8-7-14(11-22)10-19(18)27/h1-2,5-8,10,15,26-27H,3-4,9,12-13H2,(H,23,24). The molecule has 7 heteroatoms. The van der Waals surface area contributed by atoms with Crippen LogP contribution in [0.15, 0.2) is 51.9 Å². The van der Waals surface area contributed by atoms with Gasteiger partial charge in [0.05, 0.1) is 23.0 Å². The molecule has 1 aliphatic heterocycles. The van der Waals surface area contributed by atoms with Gasteiger partial charge in [0, 0.05) is 24.2 Å². The maximum absolute atomic E-state index is 10.3. The fraction of sp³-hybridized carbons (Fsp3) is 0.300. The number of aromatic hydroxyl groups is 1. The molecule has 3 rings (SSSR count). The van der Waals surface area contributed by atoms with Crippen molar-refractivity contribution in [3.8, 4) is 11.8 Å². The Labute approximate surface area is 166 Å². The van der Waals surface area contributed by atoms with Gasteiger partial charge in [-0.1, -0.05) is 12.1 Å². The van der Waals surface area contributed by atoms with Crippen molar-refractivity contribution in [1.29, 1.82) is 5.26 Å². The minimum atomic E-state index is -0.00963. The van der Waals surface area contributed by atoms with Crippen LogP contribution in [0.3, 0.4) is 0 Å². The van der Waals surface area contributed by atoms with E-state index >= 15 is 0 Å². The highest BCUT2D eigenvalue weighted by Crippen LogP contribution is 2.28. The zero-order valence-electron chi connectivity index (χ0n) is 14.8. The number of benzene rings is 2. The number of aliphatic hydroxyl groups excluding tert-OH is 1. The van der Waals surface area contributed by atoms with E-state index in [-0.39, 0.29) is 18.3 Å². The first kappa shape index (κ1) is 19.2. The van der Waals surface area contributed by atoms with Crippen molar-refractivity contribution in [2.24, 2.45) is 10.9 Å². The fourth-order valence-corrected chi connectivity index (χ4v) is 3.44. The summed E-state index contributed by atoms with van der Waals surface area (Å²) in [7, 11) is 0. The quantitative estimate of drug-likeness (QED) is 0.392. The Morgan fingerprint density at radius 2 is 2.15 bits per heavy atom. The van der Waals surface area contributed by atoms with E-state index in [9.17, 15) is 10.2 Å². The first-order chi connectivity index (χ1) is 13.1. The molecule has 0 aromatic heterocycles. The molecular weight excluding hydrogens is 408 g/mol. The molecule has 6 nitrogen and oxygen atoms in total. The lowest BCUT2D eigenvalue weighted by Gasteiger charge is -2.34. The Kier molecular flexibility index (Phi) is 6.32. The van der Waals surface area contributed by atoms with Crippen LogP contribution in [0.2, 0.25) is 0 Å². The normalized spacial score (nSPS) is 17.4. The number of hydrogen-bond acceptors (Lipinski definition) is 4. The highest BCUT2D eigenvalue weighted by atomic mass is 79.9. The molecule has 3 N–H and O–H groups in total. The summed E-state index contributed by atoms with van der Waals surface area (Å²) in [5.74, 6) is 0.782. The van der Waals surface area contributed by atoms with E-state index in [1.54, 1.807) is 12.1 Å². The number of guanidine groups is 1. The van der Waals surface area contributed by atoms with Crippen LogP contribution in [0.4, 0.5) is 11.4 Å². The van der Waals surface area contributed by atoms with Crippen LogP contribution in [0.25, 0.3) is 0 Å². The van der Waals surface area contributed by atoms with Crippen LogP contribution in [-0.4, -0.2) is 40.8 Å². The van der Waals surface area contributed by atoms with Crippen molar-refractivity contribution in [3.63, 3.8) is 0 Å². The van der Waals surface area contributed by atoms with Crippen LogP contribution in [0.1, 0.15) is 18.4 Å². The van der Waals surface area contributed by atoms with Crippen molar-refractivity contribution < 1.29 is 10.2 Å². The third kappa shape index (κ3) is 4.79. The fourth-order valence-electron chi connectivity index (χ4n) is 3.07. The number of anilines is 1. The molecule has 1 aliphatic rings. The van der Waals surface area contributed by atoms with E-state index in [0.29, 0.717) is 23.8 Å². The molecule has 1 heterocycles. The van der Waals surface area contributed by atoms with Gasteiger partial charge in [0.25, 0.3) is 0 Å². The molecule has 140 valence electrons. The van der Waals surface area contributed by atoms with E-state index in [1.807, 2.05) is 30.3 Å². The summed E-state index contributed by atoms with van der Waals surface area (Å²) in [6.07, 6.45) is 1.94. The average Bonchev–Trinajstić information content (AvgIpc) is 2.70. The highest BCUT2D eigenvalue weighted by molar-refractivity contribution is 9.10. The molecule has 0 saturated carbocycles. The number of rotatable bonds is 3. The van der Waals surface area contributed by atoms with Crippen LogP contribution in [0, 0.1) is 17.2 Å². The number of piperidine rings is 1. The molecule has 2 aromatic carbocycles. The van der Waals surface area contributed by atoms with Gasteiger partial charge < -0.3 is 20.4 Å². The van der Waals surface area contributed by atoms with Crippen molar-refractivity contribution in [1.82, 2.24) is 4.90 Å². The Morgan fingerprint density at radius 3 is 2.85 bits per heavy atom.